The van der Waals surface area contributed by atoms with E-state index < -0.39 is 21.0 Å². The maximum absolute atomic E-state index is 11.8. The molecule has 1 heterocycles. The number of hydrogen-bond donors (Lipinski definition) is 5. The Morgan fingerprint density at radius 1 is 1.52 bits per heavy atom. The van der Waals surface area contributed by atoms with Crippen LogP contribution in [0.4, 0.5) is 0 Å². The van der Waals surface area contributed by atoms with E-state index >= 15 is 0 Å². The fourth-order valence-corrected chi connectivity index (χ4v) is 3.71. The Hall–Kier alpha value is -1.37. The van der Waals surface area contributed by atoms with Gasteiger partial charge in [0.25, 0.3) is 0 Å². The lowest BCUT2D eigenvalue weighted by atomic mass is 10.5. The molecule has 1 aliphatic rings. The summed E-state index contributed by atoms with van der Waals surface area (Å²) in [5, 5.41) is 17.3. The standard InChI is InChI=1S/C9H16N6O3S3/c10-7(11)3-9-14-6(4-19-9)5-20(16)2-1-8(12)15-21(13,17)18/h3-4,14H,1-2,5H2,(H3,10,11)(H2,12,15)(H2,13,17,18). The van der Waals surface area contributed by atoms with Gasteiger partial charge < -0.3 is 16.8 Å². The Kier molecular flexibility index (Phi) is 6.39. The minimum atomic E-state index is -4.01. The Morgan fingerprint density at radius 3 is 2.76 bits per heavy atom. The van der Waals surface area contributed by atoms with Crippen molar-refractivity contribution in [3.63, 3.8) is 0 Å². The van der Waals surface area contributed by atoms with Gasteiger partial charge in [0.1, 0.15) is 11.7 Å². The van der Waals surface area contributed by atoms with E-state index in [0.717, 1.165) is 5.70 Å². The smallest absolute Gasteiger partial charge is 0.318 e. The van der Waals surface area contributed by atoms with Gasteiger partial charge in [-0.25, -0.2) is 5.14 Å². The van der Waals surface area contributed by atoms with Gasteiger partial charge in [0, 0.05) is 34.7 Å². The molecular formula is C9H16N6O3S3. The molecule has 0 aromatic carbocycles. The van der Waals surface area contributed by atoms with Crippen molar-refractivity contribution in [3.8, 4) is 0 Å². The van der Waals surface area contributed by atoms with Gasteiger partial charge in [-0.1, -0.05) is 11.8 Å². The molecule has 8 N–H and O–H groups in total. The van der Waals surface area contributed by atoms with Crippen molar-refractivity contribution in [1.29, 1.82) is 5.41 Å². The maximum atomic E-state index is 11.8. The van der Waals surface area contributed by atoms with Crippen LogP contribution in [0.15, 0.2) is 26.6 Å². The van der Waals surface area contributed by atoms with Gasteiger partial charge in [-0.2, -0.15) is 8.42 Å². The summed E-state index contributed by atoms with van der Waals surface area (Å²) in [6, 6.07) is 0. The second kappa shape index (κ2) is 7.59. The van der Waals surface area contributed by atoms with E-state index in [1.165, 1.54) is 17.8 Å². The predicted molar refractivity (Wildman–Crippen MR) is 86.0 cm³/mol. The third-order valence-electron chi connectivity index (χ3n) is 2.05. The van der Waals surface area contributed by atoms with Gasteiger partial charge >= 0.3 is 10.2 Å². The van der Waals surface area contributed by atoms with Crippen molar-refractivity contribution in [1.82, 2.24) is 5.32 Å². The molecule has 0 radical (unpaired) electrons. The van der Waals surface area contributed by atoms with Crippen molar-refractivity contribution < 1.29 is 12.6 Å². The molecule has 0 saturated heterocycles. The van der Waals surface area contributed by atoms with Crippen molar-refractivity contribution >= 4 is 44.4 Å². The van der Waals surface area contributed by atoms with Crippen molar-refractivity contribution in [2.24, 2.45) is 21.0 Å². The summed E-state index contributed by atoms with van der Waals surface area (Å²) in [7, 11) is -5.25. The number of nitrogens with one attached hydrogen (secondary N) is 2. The van der Waals surface area contributed by atoms with Gasteiger partial charge in [0.15, 0.2) is 0 Å². The zero-order valence-corrected chi connectivity index (χ0v) is 13.4. The molecule has 0 aliphatic carbocycles. The molecular weight excluding hydrogens is 336 g/mol. The summed E-state index contributed by atoms with van der Waals surface area (Å²) in [6.07, 6.45) is 1.52. The SMILES string of the molecule is N=C(N)C=C1NC(CS(=O)CCC(N)=NS(N)(=O)=O)=CS1. The number of rotatable bonds is 7. The summed E-state index contributed by atoms with van der Waals surface area (Å²) in [5.41, 5.74) is 11.3. The lowest BCUT2D eigenvalue weighted by Crippen LogP contribution is -2.22. The summed E-state index contributed by atoms with van der Waals surface area (Å²) in [5.74, 6) is 0.170. The first-order valence-electron chi connectivity index (χ1n) is 5.56. The topological polar surface area (TPSA) is 178 Å². The van der Waals surface area contributed by atoms with E-state index in [2.05, 4.69) is 9.71 Å². The van der Waals surface area contributed by atoms with Crippen molar-refractivity contribution in [3.05, 3.63) is 22.2 Å². The molecule has 1 atom stereocenters. The highest BCUT2D eigenvalue weighted by atomic mass is 32.2. The van der Waals surface area contributed by atoms with Gasteiger partial charge in [-0.05, 0) is 5.41 Å². The quantitative estimate of drug-likeness (QED) is 0.277. The molecule has 9 nitrogen and oxygen atoms in total. The molecule has 0 fully saturated rings. The van der Waals surface area contributed by atoms with Gasteiger partial charge in [-0.15, -0.1) is 4.40 Å². The first-order valence-corrected chi connectivity index (χ1v) is 9.43. The summed E-state index contributed by atoms with van der Waals surface area (Å²) < 4.78 is 36.3. The Morgan fingerprint density at radius 2 is 2.19 bits per heavy atom. The molecule has 1 aliphatic heterocycles. The van der Waals surface area contributed by atoms with Crippen LogP contribution in [-0.4, -0.2) is 35.8 Å². The minimum absolute atomic E-state index is 0.0691. The number of nitrogens with two attached hydrogens (primary N) is 3. The third kappa shape index (κ3) is 7.84. The van der Waals surface area contributed by atoms with Crippen molar-refractivity contribution in [2.45, 2.75) is 6.42 Å². The van der Waals surface area contributed by atoms with Gasteiger partial charge in [-0.3, -0.25) is 9.62 Å². The van der Waals surface area contributed by atoms with E-state index in [1.54, 1.807) is 5.41 Å². The molecule has 0 amide bonds. The Bertz CT molecular complexity index is 637. The van der Waals surface area contributed by atoms with Crippen LogP contribution in [0, 0.1) is 5.41 Å². The fraction of sp³-hybridized carbons (Fsp3) is 0.333. The van der Waals surface area contributed by atoms with Crippen LogP contribution < -0.4 is 21.9 Å². The zero-order chi connectivity index (χ0) is 16.0. The van der Waals surface area contributed by atoms with Crippen LogP contribution in [0.1, 0.15) is 6.42 Å². The first kappa shape index (κ1) is 17.7. The fourth-order valence-electron chi connectivity index (χ4n) is 1.31. The average molecular weight is 352 g/mol. The van der Waals surface area contributed by atoms with Crippen molar-refractivity contribution in [2.75, 3.05) is 11.5 Å². The Labute approximate surface area is 129 Å². The Balaban J connectivity index is 2.43. The molecule has 0 aromatic heterocycles. The molecule has 1 unspecified atom stereocenters. The van der Waals surface area contributed by atoms with E-state index in [1.807, 2.05) is 0 Å². The molecule has 12 heteroatoms. The van der Waals surface area contributed by atoms with E-state index in [9.17, 15) is 12.6 Å². The monoisotopic (exact) mass is 352 g/mol. The zero-order valence-electron chi connectivity index (χ0n) is 10.9. The molecule has 0 spiro atoms. The number of amidine groups is 2. The molecule has 118 valence electrons. The van der Waals surface area contributed by atoms with Gasteiger partial charge in [0.05, 0.1) is 10.8 Å². The van der Waals surface area contributed by atoms with Crippen LogP contribution in [0.25, 0.3) is 0 Å². The lowest BCUT2D eigenvalue weighted by Gasteiger charge is -2.05. The van der Waals surface area contributed by atoms with Crippen LogP contribution >= 0.6 is 11.8 Å². The van der Waals surface area contributed by atoms with E-state index in [4.69, 9.17) is 22.0 Å². The van der Waals surface area contributed by atoms with Crippen LogP contribution in [0.3, 0.4) is 0 Å². The minimum Gasteiger partial charge on any atom is -0.386 e. The highest BCUT2D eigenvalue weighted by Crippen LogP contribution is 2.24. The number of nitrogens with zero attached hydrogens (tertiary/aromatic N) is 1. The second-order valence-corrected chi connectivity index (χ2v) is 7.69. The van der Waals surface area contributed by atoms with E-state index in [0.29, 0.717) is 5.03 Å². The van der Waals surface area contributed by atoms with E-state index in [-0.39, 0.29) is 29.6 Å². The highest BCUT2D eigenvalue weighted by molar-refractivity contribution is 8.06. The number of thioether (sulfide) groups is 1. The molecule has 0 saturated carbocycles. The normalized spacial score (nSPS) is 19.2. The first-order chi connectivity index (χ1) is 9.65. The largest absolute Gasteiger partial charge is 0.386 e. The summed E-state index contributed by atoms with van der Waals surface area (Å²) in [6.45, 7) is 0. The molecule has 21 heavy (non-hydrogen) atoms. The molecule has 1 rings (SSSR count). The molecule has 0 bridgehead atoms. The molecule has 0 aromatic rings. The van der Waals surface area contributed by atoms with Crippen LogP contribution in [0.2, 0.25) is 0 Å². The van der Waals surface area contributed by atoms with Crippen LogP contribution in [0.5, 0.6) is 0 Å². The highest BCUT2D eigenvalue weighted by Gasteiger charge is 2.13. The third-order valence-corrected chi connectivity index (χ3v) is 4.70. The van der Waals surface area contributed by atoms with Crippen LogP contribution in [-0.2, 0) is 21.0 Å². The summed E-state index contributed by atoms with van der Waals surface area (Å²) >= 11 is 1.34. The summed E-state index contributed by atoms with van der Waals surface area (Å²) in [4.78, 5) is 0. The maximum Gasteiger partial charge on any atom is 0.318 e. The number of hydrogen-bond acceptors (Lipinski definition) is 6. The lowest BCUT2D eigenvalue weighted by molar-refractivity contribution is 0.599. The average Bonchev–Trinajstić information content (AvgIpc) is 2.70. The second-order valence-electron chi connectivity index (χ2n) is 3.99. The van der Waals surface area contributed by atoms with Gasteiger partial charge in [0.2, 0.25) is 0 Å². The predicted octanol–water partition coefficient (Wildman–Crippen LogP) is -1.36.